The smallest absolute Gasteiger partial charge is 0.333 e. The highest BCUT2D eigenvalue weighted by Gasteiger charge is 2.73. The van der Waals surface area contributed by atoms with Crippen LogP contribution in [0, 0.1) is 0 Å². The second-order valence-corrected chi connectivity index (χ2v) is 7.20. The highest BCUT2D eigenvalue weighted by Crippen LogP contribution is 2.43. The van der Waals surface area contributed by atoms with Crippen LogP contribution >= 0.6 is 0 Å². The summed E-state index contributed by atoms with van der Waals surface area (Å²) >= 11 is 0. The molecule has 1 spiro atoms. The van der Waals surface area contributed by atoms with Gasteiger partial charge in [0.1, 0.15) is 5.76 Å². The van der Waals surface area contributed by atoms with Gasteiger partial charge in [-0.3, -0.25) is 14.4 Å². The Hall–Kier alpha value is -3.30. The van der Waals surface area contributed by atoms with Crippen LogP contribution in [0.2, 0.25) is 0 Å². The Bertz CT molecular complexity index is 1010. The summed E-state index contributed by atoms with van der Waals surface area (Å²) in [6.45, 7) is 4.66. The Balaban J connectivity index is 2.01. The minimum Gasteiger partial charge on any atom is -0.466 e. The third-order valence-corrected chi connectivity index (χ3v) is 5.37. The normalized spacial score (nSPS) is 28.0. The monoisotopic (exact) mass is 429 g/mol. The zero-order chi connectivity index (χ0) is 23.0. The van der Waals surface area contributed by atoms with Crippen molar-refractivity contribution in [1.82, 2.24) is 5.32 Å². The minimum atomic E-state index is -2.43. The molecule has 1 fully saturated rings. The lowest BCUT2D eigenvalue weighted by Gasteiger charge is -2.32. The molecule has 0 aliphatic carbocycles. The molecule has 3 rings (SSSR count). The molecule has 2 N–H and O–H groups in total. The number of hydrogen-bond donors (Lipinski definition) is 2. The van der Waals surface area contributed by atoms with E-state index < -0.39 is 40.9 Å². The van der Waals surface area contributed by atoms with E-state index in [1.54, 1.807) is 25.1 Å². The van der Waals surface area contributed by atoms with Gasteiger partial charge < -0.3 is 24.6 Å². The van der Waals surface area contributed by atoms with Gasteiger partial charge in [0, 0.05) is 23.8 Å². The SMILES string of the molecule is CCOC(=O)/C(C)=C/C1=C(C)C(=O)[C@]2(O1)C(=O)N[C@@](OC)(C(=O)c1ccccc1)[C@@H]2O. The van der Waals surface area contributed by atoms with Crippen molar-refractivity contribution in [2.24, 2.45) is 0 Å². The van der Waals surface area contributed by atoms with E-state index in [0.717, 1.165) is 7.11 Å². The second-order valence-electron chi connectivity index (χ2n) is 7.20. The first-order valence-electron chi connectivity index (χ1n) is 9.61. The summed E-state index contributed by atoms with van der Waals surface area (Å²) in [7, 11) is 1.13. The number of carbonyl (C=O) groups is 4. The number of esters is 1. The van der Waals surface area contributed by atoms with E-state index in [9.17, 15) is 24.3 Å². The van der Waals surface area contributed by atoms with Crippen molar-refractivity contribution < 1.29 is 38.5 Å². The Morgan fingerprint density at radius 2 is 1.90 bits per heavy atom. The lowest BCUT2D eigenvalue weighted by Crippen LogP contribution is -2.60. The van der Waals surface area contributed by atoms with E-state index in [1.807, 2.05) is 0 Å². The van der Waals surface area contributed by atoms with E-state index in [2.05, 4.69) is 5.32 Å². The number of benzene rings is 1. The van der Waals surface area contributed by atoms with Crippen molar-refractivity contribution in [3.8, 4) is 0 Å². The molecule has 1 aromatic carbocycles. The summed E-state index contributed by atoms with van der Waals surface area (Å²) in [5, 5.41) is 13.4. The number of hydrogen-bond acceptors (Lipinski definition) is 8. The molecular formula is C22H23NO8. The largest absolute Gasteiger partial charge is 0.466 e. The van der Waals surface area contributed by atoms with Gasteiger partial charge in [-0.15, -0.1) is 0 Å². The molecule has 0 aromatic heterocycles. The third-order valence-electron chi connectivity index (χ3n) is 5.37. The van der Waals surface area contributed by atoms with Crippen molar-refractivity contribution in [2.75, 3.05) is 13.7 Å². The van der Waals surface area contributed by atoms with Gasteiger partial charge in [0.25, 0.3) is 11.5 Å². The third kappa shape index (κ3) is 3.26. The number of Topliss-reactive ketones (excluding diaryl/α,β-unsaturated/α-hetero) is 2. The van der Waals surface area contributed by atoms with Gasteiger partial charge in [0.05, 0.1) is 6.61 Å². The molecule has 1 aromatic rings. The molecule has 9 nitrogen and oxygen atoms in total. The molecule has 1 amide bonds. The number of ketones is 2. The second kappa shape index (κ2) is 8.09. The maximum absolute atomic E-state index is 13.2. The summed E-state index contributed by atoms with van der Waals surface area (Å²) in [6.07, 6.45) is -0.743. The van der Waals surface area contributed by atoms with Crippen LogP contribution in [0.25, 0.3) is 0 Å². The van der Waals surface area contributed by atoms with E-state index in [1.165, 1.54) is 32.1 Å². The maximum atomic E-state index is 13.2. The Kier molecular flexibility index (Phi) is 5.84. The van der Waals surface area contributed by atoms with E-state index in [0.29, 0.717) is 0 Å². The molecule has 2 aliphatic rings. The average molecular weight is 429 g/mol. The molecule has 31 heavy (non-hydrogen) atoms. The number of aliphatic hydroxyl groups is 1. The number of amides is 1. The Morgan fingerprint density at radius 1 is 1.26 bits per heavy atom. The first-order valence-corrected chi connectivity index (χ1v) is 9.61. The zero-order valence-corrected chi connectivity index (χ0v) is 17.6. The fraction of sp³-hybridized carbons (Fsp3) is 0.364. The number of nitrogens with one attached hydrogen (secondary N) is 1. The quantitative estimate of drug-likeness (QED) is 0.294. The van der Waals surface area contributed by atoms with Gasteiger partial charge in [-0.05, 0) is 26.8 Å². The van der Waals surface area contributed by atoms with Crippen LogP contribution in [0.1, 0.15) is 31.1 Å². The Morgan fingerprint density at radius 3 is 2.48 bits per heavy atom. The number of aliphatic hydroxyl groups excluding tert-OH is 1. The molecular weight excluding hydrogens is 406 g/mol. The molecule has 9 heteroatoms. The molecule has 2 heterocycles. The van der Waals surface area contributed by atoms with Crippen molar-refractivity contribution in [3.63, 3.8) is 0 Å². The summed E-state index contributed by atoms with van der Waals surface area (Å²) < 4.78 is 15.8. The van der Waals surface area contributed by atoms with Gasteiger partial charge in [0.15, 0.2) is 6.10 Å². The first kappa shape index (κ1) is 22.4. The van der Waals surface area contributed by atoms with Gasteiger partial charge >= 0.3 is 5.97 Å². The van der Waals surface area contributed by atoms with Crippen molar-refractivity contribution in [3.05, 3.63) is 58.9 Å². The van der Waals surface area contributed by atoms with Crippen LogP contribution in [0.3, 0.4) is 0 Å². The van der Waals surface area contributed by atoms with Crippen LogP contribution in [-0.4, -0.2) is 59.7 Å². The van der Waals surface area contributed by atoms with Crippen LogP contribution < -0.4 is 5.32 Å². The summed E-state index contributed by atoms with van der Waals surface area (Å²) in [4.78, 5) is 51.1. The van der Waals surface area contributed by atoms with Crippen LogP contribution in [0.4, 0.5) is 0 Å². The van der Waals surface area contributed by atoms with Gasteiger partial charge in [-0.2, -0.15) is 0 Å². The standard InChI is InChI=1S/C22H23NO8/c1-5-30-18(26)12(2)11-15-13(3)16(24)21(31-15)19(27)22(29-4,23-20(21)28)17(25)14-9-7-6-8-10-14/h6-11,19,27H,5H2,1-4H3,(H,23,28)/b12-11+/t19-,21-,22-/m1/s1. The van der Waals surface area contributed by atoms with Crippen molar-refractivity contribution in [1.29, 1.82) is 0 Å². The molecule has 2 aliphatic heterocycles. The van der Waals surface area contributed by atoms with Crippen LogP contribution in [0.15, 0.2) is 53.3 Å². The van der Waals surface area contributed by atoms with Crippen molar-refractivity contribution in [2.45, 2.75) is 38.2 Å². The van der Waals surface area contributed by atoms with E-state index in [-0.39, 0.29) is 29.1 Å². The van der Waals surface area contributed by atoms with Crippen LogP contribution in [0.5, 0.6) is 0 Å². The fourth-order valence-corrected chi connectivity index (χ4v) is 3.63. The van der Waals surface area contributed by atoms with Gasteiger partial charge in [-0.25, -0.2) is 4.79 Å². The molecule has 1 saturated heterocycles. The lowest BCUT2D eigenvalue weighted by atomic mass is 9.85. The molecule has 0 unspecified atom stereocenters. The van der Waals surface area contributed by atoms with Gasteiger partial charge in [0.2, 0.25) is 17.3 Å². The van der Waals surface area contributed by atoms with Gasteiger partial charge in [-0.1, -0.05) is 30.3 Å². The first-order chi connectivity index (χ1) is 14.7. The zero-order valence-electron chi connectivity index (χ0n) is 17.6. The number of ether oxygens (including phenoxy) is 3. The minimum absolute atomic E-state index is 0.0110. The highest BCUT2D eigenvalue weighted by molar-refractivity contribution is 6.23. The fourth-order valence-electron chi connectivity index (χ4n) is 3.63. The molecule has 3 atom stereocenters. The van der Waals surface area contributed by atoms with Crippen LogP contribution in [-0.2, 0) is 28.6 Å². The summed E-state index contributed by atoms with van der Waals surface area (Å²) in [5.74, 6) is -3.30. The number of allylic oxidation sites excluding steroid dienone is 1. The Labute approximate surface area is 178 Å². The van der Waals surface area contributed by atoms with E-state index in [4.69, 9.17) is 14.2 Å². The lowest BCUT2D eigenvalue weighted by molar-refractivity contribution is -0.159. The average Bonchev–Trinajstić information content (AvgIpc) is 3.15. The number of methoxy groups -OCH3 is 1. The number of carbonyl (C=O) groups excluding carboxylic acids is 4. The molecule has 0 radical (unpaired) electrons. The summed E-state index contributed by atoms with van der Waals surface area (Å²) in [6, 6.07) is 7.90. The van der Waals surface area contributed by atoms with E-state index >= 15 is 0 Å². The predicted octanol–water partition coefficient (Wildman–Crippen LogP) is 0.824. The van der Waals surface area contributed by atoms with Crippen molar-refractivity contribution >= 4 is 23.4 Å². The number of rotatable bonds is 6. The highest BCUT2D eigenvalue weighted by atomic mass is 16.6. The molecule has 164 valence electrons. The molecule has 0 saturated carbocycles. The maximum Gasteiger partial charge on any atom is 0.333 e. The topological polar surface area (TPSA) is 128 Å². The summed E-state index contributed by atoms with van der Waals surface area (Å²) in [5.41, 5.74) is -4.35. The predicted molar refractivity (Wildman–Crippen MR) is 107 cm³/mol. The molecule has 0 bridgehead atoms.